The van der Waals surface area contributed by atoms with Crippen molar-refractivity contribution in [1.82, 2.24) is 15.5 Å². The topological polar surface area (TPSA) is 60.9 Å². The number of benzene rings is 1. The Morgan fingerprint density at radius 3 is 2.67 bits per heavy atom. The fourth-order valence-corrected chi connectivity index (χ4v) is 4.20. The summed E-state index contributed by atoms with van der Waals surface area (Å²) in [7, 11) is 0. The Bertz CT molecular complexity index is 997. The van der Waals surface area contributed by atoms with Crippen LogP contribution in [0.25, 0.3) is 0 Å². The Hall–Kier alpha value is -3.27. The molecule has 10 heteroatoms. The Balaban J connectivity index is 1.31. The van der Waals surface area contributed by atoms with Gasteiger partial charge in [0.15, 0.2) is 0 Å². The molecule has 2 fully saturated rings. The molecule has 0 saturated carbocycles. The largest absolute Gasteiger partial charge is 0.453 e. The molecule has 7 nitrogen and oxygen atoms in total. The lowest BCUT2D eigenvalue weighted by Crippen LogP contribution is -2.49. The van der Waals surface area contributed by atoms with Crippen LogP contribution in [0.3, 0.4) is 0 Å². The monoisotopic (exact) mass is 417 g/mol. The van der Waals surface area contributed by atoms with E-state index in [1.165, 1.54) is 0 Å². The summed E-state index contributed by atoms with van der Waals surface area (Å²) in [5.41, 5.74) is 2.99. The molecule has 0 spiro atoms. The minimum Gasteiger partial charge on any atom is -0.382 e. The number of nitrogens with one attached hydrogen (secondary N) is 1. The van der Waals surface area contributed by atoms with Gasteiger partial charge in [0.1, 0.15) is 5.82 Å². The van der Waals surface area contributed by atoms with Gasteiger partial charge in [-0.15, -0.1) is 0 Å². The first-order chi connectivity index (χ1) is 14.4. The molecule has 2 bridgehead atoms. The highest BCUT2D eigenvalue weighted by molar-refractivity contribution is 5.96. The number of rotatable bonds is 3. The van der Waals surface area contributed by atoms with Crippen LogP contribution in [-0.4, -0.2) is 47.1 Å². The number of hydrogen-bond donors (Lipinski definition) is 1. The van der Waals surface area contributed by atoms with Crippen molar-refractivity contribution in [2.24, 2.45) is 0 Å². The maximum Gasteiger partial charge on any atom is 0.453 e. The van der Waals surface area contributed by atoms with Crippen LogP contribution in [0.15, 0.2) is 60.6 Å². The molecule has 2 atom stereocenters. The zero-order valence-corrected chi connectivity index (χ0v) is 15.7. The van der Waals surface area contributed by atoms with Crippen LogP contribution in [0.5, 0.6) is 0 Å². The van der Waals surface area contributed by atoms with Gasteiger partial charge in [-0.05, 0) is 36.8 Å². The zero-order chi connectivity index (χ0) is 20.9. The number of alkyl halides is 3. The number of nitrogens with zero attached hydrogens (tertiary/aromatic N) is 4. The summed E-state index contributed by atoms with van der Waals surface area (Å²) in [6.07, 6.45) is -1.15. The summed E-state index contributed by atoms with van der Waals surface area (Å²) in [4.78, 5) is 26.0. The molecule has 1 aromatic heterocycles. The van der Waals surface area contributed by atoms with Gasteiger partial charge in [-0.25, -0.2) is 9.99 Å². The van der Waals surface area contributed by atoms with Gasteiger partial charge in [0.2, 0.25) is 5.76 Å². The van der Waals surface area contributed by atoms with Crippen LogP contribution in [0, 0.1) is 0 Å². The van der Waals surface area contributed by atoms with E-state index in [0.717, 1.165) is 23.4 Å². The second-order valence-corrected chi connectivity index (χ2v) is 7.45. The lowest BCUT2D eigenvalue weighted by Gasteiger charge is -2.35. The fraction of sp³-hybridized carbons (Fsp3) is 0.300. The van der Waals surface area contributed by atoms with Gasteiger partial charge in [0, 0.05) is 24.8 Å². The van der Waals surface area contributed by atoms with Crippen molar-refractivity contribution in [2.45, 2.75) is 24.7 Å². The third-order valence-corrected chi connectivity index (χ3v) is 5.60. The molecular formula is C20H18F3N5O2. The Kier molecular flexibility index (Phi) is 4.31. The first kappa shape index (κ1) is 18.7. The highest BCUT2D eigenvalue weighted by Gasteiger charge is 2.46. The maximum absolute atomic E-state index is 13.1. The predicted octanol–water partition coefficient (Wildman–Crippen LogP) is 2.84. The standard InChI is InChI=1S/C20H18F3N5O2/c21-20(22,23)17-12-28(25-30-17)14-5-3-4-13(8-14)19(29)27-11-15-9-16(27)10-26(15)18-6-1-2-7-24-18/h1-8,12,15-16,25H,9-11H2/t15-,16-/m0/s1. The number of likely N-dealkylation sites (tertiary alicyclic amines) is 1. The SMILES string of the molecule is O=C(c1cccc(N2C=C(C(F)(F)F)ON2)c1)N1C[C@@H]2C[C@H]1CN2c1ccccn1. The van der Waals surface area contributed by atoms with Crippen LogP contribution in [0.1, 0.15) is 16.8 Å². The van der Waals surface area contributed by atoms with Crippen molar-refractivity contribution in [3.63, 3.8) is 0 Å². The first-order valence-corrected chi connectivity index (χ1v) is 9.49. The van der Waals surface area contributed by atoms with E-state index in [4.69, 9.17) is 0 Å². The number of hydrogen-bond acceptors (Lipinski definition) is 6. The van der Waals surface area contributed by atoms with E-state index in [-0.39, 0.29) is 18.0 Å². The third kappa shape index (κ3) is 3.22. The smallest absolute Gasteiger partial charge is 0.382 e. The van der Waals surface area contributed by atoms with E-state index in [9.17, 15) is 18.0 Å². The lowest BCUT2D eigenvalue weighted by molar-refractivity contribution is -0.136. The second kappa shape index (κ2) is 6.91. The molecule has 0 aliphatic carbocycles. The van der Waals surface area contributed by atoms with E-state index in [0.29, 0.717) is 24.3 Å². The van der Waals surface area contributed by atoms with Crippen LogP contribution < -0.4 is 15.5 Å². The fourth-order valence-electron chi connectivity index (χ4n) is 4.20. The molecule has 0 radical (unpaired) electrons. The van der Waals surface area contributed by atoms with Gasteiger partial charge in [-0.1, -0.05) is 17.7 Å². The molecular weight excluding hydrogens is 399 g/mol. The highest BCUT2D eigenvalue weighted by atomic mass is 19.4. The van der Waals surface area contributed by atoms with E-state index >= 15 is 0 Å². The molecule has 3 aliphatic heterocycles. The molecule has 0 unspecified atom stereocenters. The number of aromatic nitrogens is 1. The molecule has 2 saturated heterocycles. The number of anilines is 2. The van der Waals surface area contributed by atoms with Crippen molar-refractivity contribution in [2.75, 3.05) is 23.0 Å². The van der Waals surface area contributed by atoms with Crippen LogP contribution in [0.4, 0.5) is 24.7 Å². The highest BCUT2D eigenvalue weighted by Crippen LogP contribution is 2.35. The number of carbonyl (C=O) groups is 1. The summed E-state index contributed by atoms with van der Waals surface area (Å²) in [6, 6.07) is 12.5. The number of allylic oxidation sites excluding steroid dienone is 1. The summed E-state index contributed by atoms with van der Waals surface area (Å²) in [5.74, 6) is -0.373. The molecule has 3 aliphatic rings. The summed E-state index contributed by atoms with van der Waals surface area (Å²) in [5, 5.41) is 1.10. The zero-order valence-electron chi connectivity index (χ0n) is 15.7. The van der Waals surface area contributed by atoms with Crippen molar-refractivity contribution in [3.8, 4) is 0 Å². The number of hydrazine groups is 1. The number of halogens is 3. The maximum atomic E-state index is 13.1. The molecule has 1 amide bonds. The number of carbonyl (C=O) groups excluding carboxylic acids is 1. The number of fused-ring (bicyclic) bond motifs is 2. The van der Waals surface area contributed by atoms with Crippen LogP contribution >= 0.6 is 0 Å². The minimum atomic E-state index is -4.59. The average molecular weight is 417 g/mol. The van der Waals surface area contributed by atoms with Gasteiger partial charge in [0.05, 0.1) is 24.0 Å². The Morgan fingerprint density at radius 2 is 2.00 bits per heavy atom. The first-order valence-electron chi connectivity index (χ1n) is 9.49. The summed E-state index contributed by atoms with van der Waals surface area (Å²) >= 11 is 0. The minimum absolute atomic E-state index is 0.0816. The van der Waals surface area contributed by atoms with Crippen molar-refractivity contribution >= 4 is 17.4 Å². The third-order valence-electron chi connectivity index (χ3n) is 5.60. The quantitative estimate of drug-likeness (QED) is 0.829. The molecule has 2 aromatic rings. The second-order valence-electron chi connectivity index (χ2n) is 7.45. The van der Waals surface area contributed by atoms with Gasteiger partial charge in [0.25, 0.3) is 5.91 Å². The normalized spacial score (nSPS) is 23.0. The van der Waals surface area contributed by atoms with E-state index < -0.39 is 11.9 Å². The summed E-state index contributed by atoms with van der Waals surface area (Å²) < 4.78 is 38.3. The molecule has 1 aromatic carbocycles. The molecule has 1 N–H and O–H groups in total. The number of amides is 1. The molecule has 4 heterocycles. The van der Waals surface area contributed by atoms with E-state index in [2.05, 4.69) is 20.3 Å². The number of piperazine rings is 1. The van der Waals surface area contributed by atoms with E-state index in [1.54, 1.807) is 30.5 Å². The average Bonchev–Trinajstić information content (AvgIpc) is 3.49. The Labute approximate surface area is 170 Å². The van der Waals surface area contributed by atoms with Crippen molar-refractivity contribution in [1.29, 1.82) is 0 Å². The lowest BCUT2D eigenvalue weighted by atomic mass is 10.1. The number of pyridine rings is 1. The van der Waals surface area contributed by atoms with Gasteiger partial charge in [-0.3, -0.25) is 4.79 Å². The van der Waals surface area contributed by atoms with Crippen molar-refractivity contribution in [3.05, 3.63) is 66.2 Å². The van der Waals surface area contributed by atoms with Crippen molar-refractivity contribution < 1.29 is 22.8 Å². The van der Waals surface area contributed by atoms with Gasteiger partial charge < -0.3 is 14.6 Å². The van der Waals surface area contributed by atoms with Gasteiger partial charge >= 0.3 is 6.18 Å². The predicted molar refractivity (Wildman–Crippen MR) is 102 cm³/mol. The van der Waals surface area contributed by atoms with E-state index in [1.807, 2.05) is 23.1 Å². The van der Waals surface area contributed by atoms with Crippen LogP contribution in [-0.2, 0) is 4.84 Å². The van der Waals surface area contributed by atoms with Gasteiger partial charge in [-0.2, -0.15) is 13.2 Å². The Morgan fingerprint density at radius 1 is 1.13 bits per heavy atom. The summed E-state index contributed by atoms with van der Waals surface area (Å²) in [6.45, 7) is 1.31. The molecule has 30 heavy (non-hydrogen) atoms. The molecule has 5 rings (SSSR count). The molecule has 156 valence electrons. The van der Waals surface area contributed by atoms with Crippen LogP contribution in [0.2, 0.25) is 0 Å².